The van der Waals surface area contributed by atoms with Gasteiger partial charge in [0.2, 0.25) is 29.5 Å². The van der Waals surface area contributed by atoms with Crippen LogP contribution < -0.4 is 49.5 Å². The fourth-order valence-electron chi connectivity index (χ4n) is 6.12. The van der Waals surface area contributed by atoms with E-state index in [0.717, 1.165) is 25.7 Å². The summed E-state index contributed by atoms with van der Waals surface area (Å²) < 4.78 is 0. The van der Waals surface area contributed by atoms with Gasteiger partial charge in [0, 0.05) is 19.5 Å². The van der Waals surface area contributed by atoms with Gasteiger partial charge in [-0.1, -0.05) is 44.2 Å². The van der Waals surface area contributed by atoms with Crippen LogP contribution in [0.1, 0.15) is 76.2 Å². The first-order valence-corrected chi connectivity index (χ1v) is 17.3. The van der Waals surface area contributed by atoms with E-state index in [4.69, 9.17) is 22.9 Å². The van der Waals surface area contributed by atoms with Crippen LogP contribution in [0.3, 0.4) is 0 Å². The zero-order valence-electron chi connectivity index (χ0n) is 28.5. The number of nitrogens with two attached hydrogens (primary N) is 4. The van der Waals surface area contributed by atoms with Crippen LogP contribution >= 0.6 is 0 Å². The van der Waals surface area contributed by atoms with Gasteiger partial charge in [-0.3, -0.25) is 34.0 Å². The van der Waals surface area contributed by atoms with E-state index in [-0.39, 0.29) is 50.0 Å². The van der Waals surface area contributed by atoms with Gasteiger partial charge in [-0.2, -0.15) is 0 Å². The average molecular weight is 700 g/mol. The number of aromatic hydroxyl groups is 1. The highest BCUT2D eigenvalue weighted by Gasteiger charge is 2.32. The Bertz CT molecular complexity index is 1360. The van der Waals surface area contributed by atoms with Crippen molar-refractivity contribution in [1.29, 1.82) is 0 Å². The summed E-state index contributed by atoms with van der Waals surface area (Å²) in [6.07, 6.45) is 7.41. The summed E-state index contributed by atoms with van der Waals surface area (Å²) in [5.74, 6) is -2.92. The number of hydrogen-bond donors (Lipinski definition) is 10. The topological polar surface area (TPSA) is 295 Å². The number of phenolic OH excluding ortho intramolecular Hbond substituents is 1. The molecule has 50 heavy (non-hydrogen) atoms. The molecule has 14 N–H and O–H groups in total. The van der Waals surface area contributed by atoms with Gasteiger partial charge in [-0.25, -0.2) is 0 Å². The maximum absolute atomic E-state index is 13.8. The molecule has 5 amide bonds. The number of hydrogen-bond acceptors (Lipinski definition) is 8. The van der Waals surface area contributed by atoms with Crippen molar-refractivity contribution in [3.63, 3.8) is 0 Å². The van der Waals surface area contributed by atoms with Crippen LogP contribution in [0.25, 0.3) is 0 Å². The molecular formula is C33H53N11O6. The van der Waals surface area contributed by atoms with Gasteiger partial charge in [0.05, 0.1) is 6.54 Å². The standard InChI is InChI=1S/C33H53N11O6/c34-32(35)38-16-4-8-23-30(49)44-25(15-12-20-6-2-1-3-7-20)28(47)40-19-27(46)41-26(18-21-10-13-22(45)14-11-21)31(50)43-24(29(48)42-23)9-5-17-39-33(36)37/h10-11,13-14,20,23-26,45H,1-9,12,15-19H2,(H,40,47)(H,41,46)(H,42,48)(H,43,50)(H,44,49)(H4,34,35,38)(H4,36,37,39)/t23-,24-,25-,26+/m0/s1. The summed E-state index contributed by atoms with van der Waals surface area (Å²) in [6.45, 7) is -0.0808. The Hall–Kier alpha value is -5.09. The maximum atomic E-state index is 13.8. The normalized spacial score (nSPS) is 22.8. The summed E-state index contributed by atoms with van der Waals surface area (Å²) in [4.78, 5) is 75.8. The molecule has 1 saturated carbocycles. The zero-order valence-corrected chi connectivity index (χ0v) is 28.5. The van der Waals surface area contributed by atoms with Crippen molar-refractivity contribution in [2.24, 2.45) is 38.8 Å². The third-order valence-corrected chi connectivity index (χ3v) is 8.83. The Kier molecular flexibility index (Phi) is 16.1. The molecule has 2 fully saturated rings. The second-order valence-electron chi connectivity index (χ2n) is 12.9. The molecule has 3 rings (SSSR count). The first-order valence-electron chi connectivity index (χ1n) is 17.3. The van der Waals surface area contributed by atoms with Gasteiger partial charge in [-0.15, -0.1) is 0 Å². The van der Waals surface area contributed by atoms with Crippen LogP contribution in [0.4, 0.5) is 0 Å². The van der Waals surface area contributed by atoms with Gasteiger partial charge in [-0.05, 0) is 62.1 Å². The maximum Gasteiger partial charge on any atom is 0.243 e. The lowest BCUT2D eigenvalue weighted by Crippen LogP contribution is -2.57. The van der Waals surface area contributed by atoms with E-state index in [9.17, 15) is 29.1 Å². The fourth-order valence-corrected chi connectivity index (χ4v) is 6.12. The molecule has 1 aliphatic heterocycles. The van der Waals surface area contributed by atoms with Crippen LogP contribution in [0, 0.1) is 5.92 Å². The highest BCUT2D eigenvalue weighted by atomic mass is 16.3. The summed E-state index contributed by atoms with van der Waals surface area (Å²) in [5.41, 5.74) is 22.4. The van der Waals surface area contributed by atoms with Crippen molar-refractivity contribution in [2.75, 3.05) is 19.6 Å². The molecule has 1 aromatic rings. The van der Waals surface area contributed by atoms with Crippen LogP contribution in [0.5, 0.6) is 5.75 Å². The summed E-state index contributed by atoms with van der Waals surface area (Å²) in [6, 6.07) is 1.74. The second-order valence-corrected chi connectivity index (χ2v) is 12.9. The number of carbonyl (C=O) groups is 5. The number of benzene rings is 1. The first-order chi connectivity index (χ1) is 23.9. The molecule has 1 aromatic carbocycles. The molecular weight excluding hydrogens is 646 g/mol. The molecule has 17 heteroatoms. The number of rotatable bonds is 13. The van der Waals surface area contributed by atoms with Crippen molar-refractivity contribution in [2.45, 2.75) is 101 Å². The van der Waals surface area contributed by atoms with E-state index in [0.29, 0.717) is 37.2 Å². The van der Waals surface area contributed by atoms with Crippen molar-refractivity contribution < 1.29 is 29.1 Å². The third-order valence-electron chi connectivity index (χ3n) is 8.83. The van der Waals surface area contributed by atoms with Crippen molar-refractivity contribution in [3.05, 3.63) is 29.8 Å². The number of carbonyl (C=O) groups excluding carboxylic acids is 5. The predicted octanol–water partition coefficient (Wildman–Crippen LogP) is -1.53. The van der Waals surface area contributed by atoms with Crippen LogP contribution in [-0.2, 0) is 30.4 Å². The van der Waals surface area contributed by atoms with Crippen LogP contribution in [-0.4, -0.2) is 90.4 Å². The molecule has 1 aliphatic carbocycles. The van der Waals surface area contributed by atoms with E-state index < -0.39 is 60.2 Å². The number of phenols is 1. The van der Waals surface area contributed by atoms with Crippen molar-refractivity contribution in [1.82, 2.24) is 26.6 Å². The Balaban J connectivity index is 1.93. The molecule has 276 valence electrons. The van der Waals surface area contributed by atoms with Gasteiger partial charge in [0.1, 0.15) is 29.9 Å². The predicted molar refractivity (Wildman–Crippen MR) is 188 cm³/mol. The number of nitrogens with one attached hydrogen (secondary N) is 5. The molecule has 0 unspecified atom stereocenters. The summed E-state index contributed by atoms with van der Waals surface area (Å²) in [7, 11) is 0. The second kappa shape index (κ2) is 20.4. The summed E-state index contributed by atoms with van der Waals surface area (Å²) >= 11 is 0. The first kappa shape index (κ1) is 39.3. The number of guanidine groups is 2. The van der Waals surface area contributed by atoms with E-state index in [1.54, 1.807) is 12.1 Å². The Labute approximate surface area is 292 Å². The molecule has 1 heterocycles. The molecule has 0 radical (unpaired) electrons. The van der Waals surface area contributed by atoms with Crippen molar-refractivity contribution in [3.8, 4) is 5.75 Å². The SMILES string of the molecule is NC(N)=NCCC[C@@H]1NC(=O)[C@H](CCCN=C(N)N)NC(=O)[C@@H](Cc2ccc(O)cc2)NC(=O)CNC(=O)[C@H](CCC2CCCCC2)NC1=O. The Morgan fingerprint density at radius 3 is 1.66 bits per heavy atom. The number of amides is 5. The van der Waals surface area contributed by atoms with Gasteiger partial charge < -0.3 is 54.6 Å². The highest BCUT2D eigenvalue weighted by molar-refractivity contribution is 5.97. The molecule has 4 atom stereocenters. The van der Waals surface area contributed by atoms with E-state index >= 15 is 0 Å². The zero-order chi connectivity index (χ0) is 36.5. The minimum Gasteiger partial charge on any atom is -0.508 e. The number of nitrogens with zero attached hydrogens (tertiary/aromatic N) is 2. The van der Waals surface area contributed by atoms with Gasteiger partial charge in [0.15, 0.2) is 11.9 Å². The van der Waals surface area contributed by atoms with E-state index in [2.05, 4.69) is 36.6 Å². The summed E-state index contributed by atoms with van der Waals surface area (Å²) in [5, 5.41) is 23.3. The van der Waals surface area contributed by atoms with Gasteiger partial charge in [0.25, 0.3) is 0 Å². The molecule has 1 saturated heterocycles. The largest absolute Gasteiger partial charge is 0.508 e. The average Bonchev–Trinajstić information content (AvgIpc) is 3.08. The third kappa shape index (κ3) is 14.2. The minimum absolute atomic E-state index is 0.0195. The Morgan fingerprint density at radius 2 is 1.14 bits per heavy atom. The molecule has 2 aliphatic rings. The lowest BCUT2D eigenvalue weighted by atomic mass is 9.85. The molecule has 17 nitrogen and oxygen atoms in total. The molecule has 0 bridgehead atoms. The van der Waals surface area contributed by atoms with Crippen LogP contribution in [0.2, 0.25) is 0 Å². The molecule has 0 spiro atoms. The minimum atomic E-state index is -1.15. The quantitative estimate of drug-likeness (QED) is 0.0644. The van der Waals surface area contributed by atoms with Gasteiger partial charge >= 0.3 is 0 Å². The number of aliphatic imine (C=N–C) groups is 2. The van der Waals surface area contributed by atoms with E-state index in [1.807, 2.05) is 0 Å². The highest BCUT2D eigenvalue weighted by Crippen LogP contribution is 2.27. The lowest BCUT2D eigenvalue weighted by molar-refractivity contribution is -0.134. The van der Waals surface area contributed by atoms with E-state index in [1.165, 1.54) is 18.6 Å². The van der Waals surface area contributed by atoms with Crippen LogP contribution in [0.15, 0.2) is 34.3 Å². The fraction of sp³-hybridized carbons (Fsp3) is 0.606. The molecule has 0 aromatic heterocycles. The lowest BCUT2D eigenvalue weighted by Gasteiger charge is -2.27. The smallest absolute Gasteiger partial charge is 0.243 e. The van der Waals surface area contributed by atoms with Crippen molar-refractivity contribution >= 4 is 41.5 Å². The Morgan fingerprint density at radius 1 is 0.640 bits per heavy atom. The monoisotopic (exact) mass is 699 g/mol.